The molecule has 32 heavy (non-hydrogen) atoms. The summed E-state index contributed by atoms with van der Waals surface area (Å²) >= 11 is 0. The molecule has 5 atom stereocenters. The van der Waals surface area contributed by atoms with Gasteiger partial charge in [-0.3, -0.25) is 0 Å². The van der Waals surface area contributed by atoms with Crippen molar-refractivity contribution in [1.29, 1.82) is 0 Å². The zero-order valence-electron chi connectivity index (χ0n) is 18.2. The lowest BCUT2D eigenvalue weighted by Crippen LogP contribution is -2.63. The van der Waals surface area contributed by atoms with E-state index in [4.69, 9.17) is 9.47 Å². The Balaban J connectivity index is 1.53. The minimum absolute atomic E-state index is 0.200. The minimum atomic E-state index is -1.64. The van der Waals surface area contributed by atoms with Crippen molar-refractivity contribution < 1.29 is 29.9 Å². The van der Waals surface area contributed by atoms with Crippen molar-refractivity contribution in [1.82, 2.24) is 4.57 Å². The van der Waals surface area contributed by atoms with E-state index in [2.05, 4.69) is 42.7 Å². The maximum Gasteiger partial charge on any atom is 0.225 e. The Morgan fingerprint density at radius 1 is 1.06 bits per heavy atom. The molecule has 0 aliphatic carbocycles. The number of nitrogens with zero attached hydrogens (tertiary/aromatic N) is 1. The molecule has 1 saturated heterocycles. The van der Waals surface area contributed by atoms with Gasteiger partial charge in [-0.2, -0.15) is 0 Å². The van der Waals surface area contributed by atoms with Gasteiger partial charge >= 0.3 is 0 Å². The average Bonchev–Trinajstić information content (AvgIpc) is 3.35. The molecule has 4 N–H and O–H groups in total. The summed E-state index contributed by atoms with van der Waals surface area (Å²) in [5.74, 6) is -1.15. The molecule has 1 spiro atoms. The van der Waals surface area contributed by atoms with Crippen molar-refractivity contribution in [2.45, 2.75) is 63.1 Å². The van der Waals surface area contributed by atoms with E-state index in [9.17, 15) is 20.4 Å². The fourth-order valence-electron chi connectivity index (χ4n) is 4.82. The van der Waals surface area contributed by atoms with Crippen molar-refractivity contribution in [3.05, 3.63) is 70.9 Å². The standard InChI is InChI=1S/C25H29NO6/c1-14(2)16-5-3-15(4-6-16)11-26-8-7-17-9-18-13-31-25(19(18)10-20(17)26)24(30)23(29)22(28)21(12-27)32-25/h3-10,14,21-24,27-30H,11-13H2,1-2H3/t21-,22-,23+,24-,25+/m1/s1. The fraction of sp³-hybridized carbons (Fsp3) is 0.440. The van der Waals surface area contributed by atoms with E-state index in [1.807, 2.05) is 24.4 Å². The van der Waals surface area contributed by atoms with Crippen molar-refractivity contribution in [3.63, 3.8) is 0 Å². The van der Waals surface area contributed by atoms with Gasteiger partial charge in [-0.25, -0.2) is 0 Å². The number of ether oxygens (including phenoxy) is 2. The van der Waals surface area contributed by atoms with Crippen molar-refractivity contribution >= 4 is 10.9 Å². The van der Waals surface area contributed by atoms with Crippen LogP contribution in [0.5, 0.6) is 0 Å². The molecule has 5 rings (SSSR count). The Bertz CT molecular complexity index is 1120. The quantitative estimate of drug-likeness (QED) is 0.496. The van der Waals surface area contributed by atoms with Crippen LogP contribution in [0.1, 0.15) is 42.0 Å². The Morgan fingerprint density at radius 2 is 1.81 bits per heavy atom. The zero-order chi connectivity index (χ0) is 22.6. The predicted octanol–water partition coefficient (Wildman–Crippen LogP) is 1.97. The number of hydrogen-bond donors (Lipinski definition) is 4. The van der Waals surface area contributed by atoms with E-state index in [0.717, 1.165) is 16.5 Å². The molecule has 0 amide bonds. The SMILES string of the molecule is CC(C)c1ccc(Cn2ccc3cc4c(cc32)[C@]2(OC4)O[C@H](CO)[C@@H](O)[C@H](O)[C@H]2O)cc1. The number of aliphatic hydroxyl groups excluding tert-OH is 4. The molecule has 2 aliphatic heterocycles. The monoisotopic (exact) mass is 439 g/mol. The Hall–Kier alpha value is -2.26. The molecule has 1 aromatic heterocycles. The summed E-state index contributed by atoms with van der Waals surface area (Å²) in [5, 5.41) is 42.0. The molecule has 0 unspecified atom stereocenters. The maximum absolute atomic E-state index is 10.8. The molecular weight excluding hydrogens is 410 g/mol. The largest absolute Gasteiger partial charge is 0.394 e. The highest BCUT2D eigenvalue weighted by molar-refractivity contribution is 5.82. The first-order chi connectivity index (χ1) is 15.3. The van der Waals surface area contributed by atoms with E-state index in [1.165, 1.54) is 11.1 Å². The van der Waals surface area contributed by atoms with Crippen molar-refractivity contribution in [2.75, 3.05) is 6.61 Å². The Kier molecular flexibility index (Phi) is 5.36. The van der Waals surface area contributed by atoms with Crippen LogP contribution >= 0.6 is 0 Å². The van der Waals surface area contributed by atoms with Crippen molar-refractivity contribution in [2.24, 2.45) is 0 Å². The number of rotatable bonds is 4. The highest BCUT2D eigenvalue weighted by Gasteiger charge is 2.58. The fourth-order valence-corrected chi connectivity index (χ4v) is 4.82. The van der Waals surface area contributed by atoms with Gasteiger partial charge in [0.1, 0.15) is 24.4 Å². The smallest absolute Gasteiger partial charge is 0.225 e. The molecule has 0 bridgehead atoms. The maximum atomic E-state index is 10.8. The number of hydrogen-bond acceptors (Lipinski definition) is 6. The molecule has 2 aliphatic rings. The van der Waals surface area contributed by atoms with Gasteiger partial charge < -0.3 is 34.5 Å². The van der Waals surface area contributed by atoms with Crippen LogP contribution in [-0.2, 0) is 28.4 Å². The Labute approximate surface area is 186 Å². The summed E-state index contributed by atoms with van der Waals surface area (Å²) in [6.07, 6.45) is -3.45. The first-order valence-corrected chi connectivity index (χ1v) is 11.0. The van der Waals surface area contributed by atoms with Gasteiger partial charge in [0, 0.05) is 23.8 Å². The lowest BCUT2D eigenvalue weighted by molar-refractivity contribution is -0.368. The van der Waals surface area contributed by atoms with Gasteiger partial charge in [0.15, 0.2) is 0 Å². The molecule has 7 nitrogen and oxygen atoms in total. The molecule has 3 heterocycles. The highest BCUT2D eigenvalue weighted by Crippen LogP contribution is 2.47. The number of fused-ring (bicyclic) bond motifs is 3. The Morgan fingerprint density at radius 3 is 2.50 bits per heavy atom. The topological polar surface area (TPSA) is 104 Å². The number of aliphatic hydroxyl groups is 4. The lowest BCUT2D eigenvalue weighted by atomic mass is 9.87. The second kappa shape index (κ2) is 7.95. The first-order valence-electron chi connectivity index (χ1n) is 11.0. The third-order valence-corrected chi connectivity index (χ3v) is 6.76. The van der Waals surface area contributed by atoms with Gasteiger partial charge in [-0.05, 0) is 46.2 Å². The molecule has 1 fully saturated rings. The lowest BCUT2D eigenvalue weighted by Gasteiger charge is -2.46. The van der Waals surface area contributed by atoms with Gasteiger partial charge in [-0.15, -0.1) is 0 Å². The molecule has 7 heteroatoms. The van der Waals surface area contributed by atoms with Crippen LogP contribution in [0.4, 0.5) is 0 Å². The summed E-state index contributed by atoms with van der Waals surface area (Å²) in [4.78, 5) is 0. The van der Waals surface area contributed by atoms with Gasteiger partial charge in [-0.1, -0.05) is 38.1 Å². The number of aromatic nitrogens is 1. The number of benzene rings is 2. The molecule has 0 radical (unpaired) electrons. The van der Waals surface area contributed by atoms with E-state index >= 15 is 0 Å². The summed E-state index contributed by atoms with van der Waals surface area (Å²) < 4.78 is 13.9. The van der Waals surface area contributed by atoms with Crippen LogP contribution in [0.3, 0.4) is 0 Å². The molecule has 170 valence electrons. The summed E-state index contributed by atoms with van der Waals surface area (Å²) in [7, 11) is 0. The normalized spacial score (nSPS) is 29.8. The van der Waals surface area contributed by atoms with E-state index < -0.39 is 36.8 Å². The van der Waals surface area contributed by atoms with Crippen LogP contribution in [0, 0.1) is 0 Å². The molecular formula is C25H29NO6. The third kappa shape index (κ3) is 3.28. The predicted molar refractivity (Wildman–Crippen MR) is 118 cm³/mol. The molecule has 3 aromatic rings. The van der Waals surface area contributed by atoms with Crippen LogP contribution < -0.4 is 0 Å². The second-order valence-electron chi connectivity index (χ2n) is 9.13. The first kappa shape index (κ1) is 21.6. The highest BCUT2D eigenvalue weighted by atomic mass is 16.7. The van der Waals surface area contributed by atoms with E-state index in [-0.39, 0.29) is 6.61 Å². The van der Waals surface area contributed by atoms with Gasteiger partial charge in [0.25, 0.3) is 0 Å². The van der Waals surface area contributed by atoms with Gasteiger partial charge in [0.2, 0.25) is 5.79 Å². The third-order valence-electron chi connectivity index (χ3n) is 6.76. The van der Waals surface area contributed by atoms with Crippen LogP contribution in [0.2, 0.25) is 0 Å². The van der Waals surface area contributed by atoms with Gasteiger partial charge in [0.05, 0.1) is 13.2 Å². The van der Waals surface area contributed by atoms with Crippen LogP contribution in [0.15, 0.2) is 48.7 Å². The zero-order valence-corrected chi connectivity index (χ0v) is 18.2. The summed E-state index contributed by atoms with van der Waals surface area (Å²) in [5.41, 5.74) is 4.86. The minimum Gasteiger partial charge on any atom is -0.394 e. The summed E-state index contributed by atoms with van der Waals surface area (Å²) in [6, 6.07) is 14.5. The van der Waals surface area contributed by atoms with E-state index in [0.29, 0.717) is 18.0 Å². The van der Waals surface area contributed by atoms with E-state index in [1.54, 1.807) is 0 Å². The summed E-state index contributed by atoms with van der Waals surface area (Å²) in [6.45, 7) is 4.72. The van der Waals surface area contributed by atoms with Crippen molar-refractivity contribution in [3.8, 4) is 0 Å². The molecule has 0 saturated carbocycles. The van der Waals surface area contributed by atoms with Crippen LogP contribution in [0.25, 0.3) is 10.9 Å². The second-order valence-corrected chi connectivity index (χ2v) is 9.13. The average molecular weight is 440 g/mol. The van der Waals surface area contributed by atoms with Crippen LogP contribution in [-0.4, -0.2) is 56.0 Å². The molecule has 2 aromatic carbocycles.